The molecule has 3 rings (SSSR count). The lowest BCUT2D eigenvalue weighted by atomic mass is 9.72. The Morgan fingerprint density at radius 1 is 1.42 bits per heavy atom. The summed E-state index contributed by atoms with van der Waals surface area (Å²) in [6, 6.07) is 5.50. The van der Waals surface area contributed by atoms with Crippen LogP contribution in [0.1, 0.15) is 30.5 Å². The molecule has 0 radical (unpaired) electrons. The van der Waals surface area contributed by atoms with Crippen LogP contribution in [0.5, 0.6) is 0 Å². The molecule has 1 aromatic heterocycles. The Morgan fingerprint density at radius 3 is 2.74 bits per heavy atom. The van der Waals surface area contributed by atoms with E-state index in [1.54, 1.807) is 12.1 Å². The van der Waals surface area contributed by atoms with E-state index < -0.39 is 5.54 Å². The standard InChI is InChI=1S/C15H15FN2O/c1-10-8-11-13(18(10)2)5-4-12(14(11)16)15(17-9-19)6-3-7-15/h4-5,8H,3,6-7H2,1-2H3. The lowest BCUT2D eigenvalue weighted by Crippen LogP contribution is -2.33. The van der Waals surface area contributed by atoms with E-state index >= 15 is 0 Å². The number of benzene rings is 1. The zero-order chi connectivity index (χ0) is 13.6. The molecule has 0 N–H and O–H groups in total. The van der Waals surface area contributed by atoms with E-state index in [9.17, 15) is 9.18 Å². The Kier molecular flexibility index (Phi) is 2.58. The van der Waals surface area contributed by atoms with Gasteiger partial charge in [-0.3, -0.25) is 0 Å². The van der Waals surface area contributed by atoms with Crippen LogP contribution in [0.3, 0.4) is 0 Å². The molecule has 1 aliphatic carbocycles. The van der Waals surface area contributed by atoms with Gasteiger partial charge in [0.1, 0.15) is 11.4 Å². The van der Waals surface area contributed by atoms with Crippen LogP contribution in [0, 0.1) is 12.7 Å². The second-order valence-corrected chi connectivity index (χ2v) is 5.29. The van der Waals surface area contributed by atoms with Crippen LogP contribution in [0.15, 0.2) is 23.2 Å². The molecule has 4 heteroatoms. The Morgan fingerprint density at radius 2 is 2.16 bits per heavy atom. The first kappa shape index (κ1) is 12.1. The molecule has 1 aromatic carbocycles. The zero-order valence-corrected chi connectivity index (χ0v) is 11.0. The van der Waals surface area contributed by atoms with Gasteiger partial charge < -0.3 is 4.57 Å². The van der Waals surface area contributed by atoms with Crippen molar-refractivity contribution in [1.82, 2.24) is 4.57 Å². The molecule has 0 atom stereocenters. The van der Waals surface area contributed by atoms with Gasteiger partial charge in [0.15, 0.2) is 0 Å². The van der Waals surface area contributed by atoms with Gasteiger partial charge in [-0.1, -0.05) is 6.07 Å². The molecular weight excluding hydrogens is 243 g/mol. The molecule has 1 heterocycles. The van der Waals surface area contributed by atoms with E-state index in [0.717, 1.165) is 30.5 Å². The SMILES string of the molecule is Cc1cc2c(F)c(C3(N=C=O)CCC3)ccc2n1C. The van der Waals surface area contributed by atoms with E-state index in [2.05, 4.69) is 4.99 Å². The third kappa shape index (κ3) is 1.57. The molecule has 98 valence electrons. The summed E-state index contributed by atoms with van der Waals surface area (Å²) in [5, 5.41) is 0.602. The Bertz CT molecular complexity index is 706. The number of nitrogens with zero attached hydrogens (tertiary/aromatic N) is 2. The topological polar surface area (TPSA) is 34.4 Å². The zero-order valence-electron chi connectivity index (χ0n) is 11.0. The summed E-state index contributed by atoms with van der Waals surface area (Å²) in [6.45, 7) is 1.95. The van der Waals surface area contributed by atoms with E-state index in [1.807, 2.05) is 30.7 Å². The van der Waals surface area contributed by atoms with Crippen LogP contribution >= 0.6 is 0 Å². The van der Waals surface area contributed by atoms with Crippen molar-refractivity contribution in [2.75, 3.05) is 0 Å². The lowest BCUT2D eigenvalue weighted by molar-refractivity contribution is 0.248. The number of rotatable bonds is 2. The maximum atomic E-state index is 14.7. The van der Waals surface area contributed by atoms with Crippen LogP contribution in [0.25, 0.3) is 10.9 Å². The first-order valence-electron chi connectivity index (χ1n) is 6.43. The Balaban J connectivity index is 2.26. The van der Waals surface area contributed by atoms with Gasteiger partial charge in [0.05, 0.1) is 5.52 Å². The summed E-state index contributed by atoms with van der Waals surface area (Å²) >= 11 is 0. The molecule has 1 fully saturated rings. The minimum Gasteiger partial charge on any atom is -0.348 e. The molecule has 1 aliphatic rings. The van der Waals surface area contributed by atoms with Crippen molar-refractivity contribution in [3.05, 3.63) is 35.3 Å². The van der Waals surface area contributed by atoms with Crippen molar-refractivity contribution in [1.29, 1.82) is 0 Å². The van der Waals surface area contributed by atoms with Crippen molar-refractivity contribution in [3.63, 3.8) is 0 Å². The van der Waals surface area contributed by atoms with Gasteiger partial charge in [0, 0.05) is 23.7 Å². The molecule has 0 aliphatic heterocycles. The lowest BCUT2D eigenvalue weighted by Gasteiger charge is -2.37. The molecule has 0 spiro atoms. The monoisotopic (exact) mass is 258 g/mol. The molecular formula is C15H15FN2O. The summed E-state index contributed by atoms with van der Waals surface area (Å²) in [6.07, 6.45) is 4.01. The predicted octanol–water partition coefficient (Wildman–Crippen LogP) is 3.34. The number of aliphatic imine (C=N–C) groups is 1. The fourth-order valence-electron chi connectivity index (χ4n) is 2.91. The van der Waals surface area contributed by atoms with Crippen molar-refractivity contribution in [2.45, 2.75) is 31.7 Å². The number of fused-ring (bicyclic) bond motifs is 1. The fraction of sp³-hybridized carbons (Fsp3) is 0.400. The molecule has 19 heavy (non-hydrogen) atoms. The van der Waals surface area contributed by atoms with Crippen molar-refractivity contribution in [2.24, 2.45) is 12.0 Å². The van der Waals surface area contributed by atoms with Gasteiger partial charge in [-0.05, 0) is 38.3 Å². The predicted molar refractivity (Wildman–Crippen MR) is 71.3 cm³/mol. The second-order valence-electron chi connectivity index (χ2n) is 5.29. The highest BCUT2D eigenvalue weighted by Crippen LogP contribution is 2.46. The average Bonchev–Trinajstić information content (AvgIpc) is 2.63. The summed E-state index contributed by atoms with van der Waals surface area (Å²) < 4.78 is 16.7. The number of hydrogen-bond acceptors (Lipinski definition) is 2. The minimum atomic E-state index is -0.677. The maximum Gasteiger partial charge on any atom is 0.235 e. The van der Waals surface area contributed by atoms with Crippen LogP contribution in [-0.2, 0) is 17.4 Å². The summed E-state index contributed by atoms with van der Waals surface area (Å²) in [5.41, 5.74) is 1.72. The van der Waals surface area contributed by atoms with Gasteiger partial charge in [-0.2, -0.15) is 4.99 Å². The summed E-state index contributed by atoms with van der Waals surface area (Å²) in [7, 11) is 1.92. The fourth-order valence-corrected chi connectivity index (χ4v) is 2.91. The third-order valence-electron chi connectivity index (χ3n) is 4.34. The van der Waals surface area contributed by atoms with Crippen LogP contribution in [0.2, 0.25) is 0 Å². The number of halogens is 1. The highest BCUT2D eigenvalue weighted by atomic mass is 19.1. The molecule has 0 unspecified atom stereocenters. The Hall–Kier alpha value is -1.93. The first-order valence-corrected chi connectivity index (χ1v) is 6.43. The van der Waals surface area contributed by atoms with Crippen molar-refractivity contribution in [3.8, 4) is 0 Å². The third-order valence-corrected chi connectivity index (χ3v) is 4.34. The van der Waals surface area contributed by atoms with Gasteiger partial charge in [-0.25, -0.2) is 9.18 Å². The maximum absolute atomic E-state index is 14.7. The number of carbonyl (C=O) groups excluding carboxylic acids is 1. The van der Waals surface area contributed by atoms with Crippen LogP contribution in [-0.4, -0.2) is 10.6 Å². The van der Waals surface area contributed by atoms with Crippen molar-refractivity contribution < 1.29 is 9.18 Å². The minimum absolute atomic E-state index is 0.250. The largest absolute Gasteiger partial charge is 0.348 e. The van der Waals surface area contributed by atoms with Crippen LogP contribution in [0.4, 0.5) is 4.39 Å². The van der Waals surface area contributed by atoms with Gasteiger partial charge >= 0.3 is 0 Å². The summed E-state index contributed by atoms with van der Waals surface area (Å²) in [4.78, 5) is 14.5. The van der Waals surface area contributed by atoms with Gasteiger partial charge in [0.2, 0.25) is 6.08 Å². The van der Waals surface area contributed by atoms with E-state index in [4.69, 9.17) is 0 Å². The number of aromatic nitrogens is 1. The normalized spacial score (nSPS) is 17.0. The number of isocyanates is 1. The van der Waals surface area contributed by atoms with E-state index in [1.165, 1.54) is 0 Å². The molecule has 1 saturated carbocycles. The molecule has 0 amide bonds. The Labute approximate surface area is 110 Å². The first-order chi connectivity index (χ1) is 9.09. The van der Waals surface area contributed by atoms with E-state index in [-0.39, 0.29) is 5.82 Å². The molecule has 0 bridgehead atoms. The highest BCUT2D eigenvalue weighted by Gasteiger charge is 2.41. The number of hydrogen-bond donors (Lipinski definition) is 0. The summed E-state index contributed by atoms with van der Waals surface area (Å²) in [5.74, 6) is -0.250. The molecule has 0 saturated heterocycles. The second kappa shape index (κ2) is 4.04. The number of aryl methyl sites for hydroxylation is 2. The average molecular weight is 258 g/mol. The highest BCUT2D eigenvalue weighted by molar-refractivity contribution is 5.83. The molecule has 3 nitrogen and oxygen atoms in total. The van der Waals surface area contributed by atoms with E-state index in [0.29, 0.717) is 10.9 Å². The quantitative estimate of drug-likeness (QED) is 0.601. The van der Waals surface area contributed by atoms with Crippen molar-refractivity contribution >= 4 is 17.0 Å². The van der Waals surface area contributed by atoms with Crippen LogP contribution < -0.4 is 0 Å². The van der Waals surface area contributed by atoms with Gasteiger partial charge in [0.25, 0.3) is 0 Å². The molecule has 2 aromatic rings. The smallest absolute Gasteiger partial charge is 0.235 e. The van der Waals surface area contributed by atoms with Gasteiger partial charge in [-0.15, -0.1) is 0 Å².